The standard InChI is InChI=1S/C16H23NO/c1-9(2)14(8-17)16(18)15-12-4-10-3-11(6-12)7-13(15)5-10/h9-15H,3-7H2,1-2H3. The highest BCUT2D eigenvalue weighted by Crippen LogP contribution is 2.57. The fourth-order valence-corrected chi connectivity index (χ4v) is 5.14. The van der Waals surface area contributed by atoms with Gasteiger partial charge >= 0.3 is 0 Å². The molecule has 4 aliphatic rings. The number of ketones is 1. The van der Waals surface area contributed by atoms with E-state index in [-0.39, 0.29) is 23.5 Å². The summed E-state index contributed by atoms with van der Waals surface area (Å²) in [5.74, 6) is 3.33. The summed E-state index contributed by atoms with van der Waals surface area (Å²) in [6.07, 6.45) is 6.47. The SMILES string of the molecule is CC(C)C(C#N)C(=O)C1C2CC3CC(C2)CC1C3. The zero-order valence-electron chi connectivity index (χ0n) is 11.4. The minimum atomic E-state index is -0.368. The predicted octanol–water partition coefficient (Wildman–Crippen LogP) is 3.42. The number of nitriles is 1. The van der Waals surface area contributed by atoms with E-state index in [2.05, 4.69) is 6.07 Å². The maximum Gasteiger partial charge on any atom is 0.153 e. The van der Waals surface area contributed by atoms with E-state index in [1.165, 1.54) is 32.1 Å². The van der Waals surface area contributed by atoms with Gasteiger partial charge in [0.05, 0.1) is 6.07 Å². The van der Waals surface area contributed by atoms with Crippen molar-refractivity contribution in [1.29, 1.82) is 5.26 Å². The molecule has 0 saturated heterocycles. The van der Waals surface area contributed by atoms with Crippen LogP contribution in [0, 0.1) is 52.8 Å². The lowest BCUT2D eigenvalue weighted by molar-refractivity contribution is -0.139. The van der Waals surface area contributed by atoms with E-state index in [0.29, 0.717) is 11.8 Å². The van der Waals surface area contributed by atoms with E-state index >= 15 is 0 Å². The van der Waals surface area contributed by atoms with Crippen molar-refractivity contribution in [3.8, 4) is 6.07 Å². The number of Topliss-reactive ketones (excluding diaryl/α,β-unsaturated/α-hetero) is 1. The van der Waals surface area contributed by atoms with Crippen LogP contribution in [0.5, 0.6) is 0 Å². The lowest BCUT2D eigenvalue weighted by Crippen LogP contribution is -2.49. The third-order valence-corrected chi connectivity index (χ3v) is 5.67. The molecule has 4 aliphatic carbocycles. The van der Waals surface area contributed by atoms with Gasteiger partial charge in [-0.15, -0.1) is 0 Å². The molecule has 0 N–H and O–H groups in total. The molecule has 4 saturated carbocycles. The Kier molecular flexibility index (Phi) is 2.96. The van der Waals surface area contributed by atoms with Crippen LogP contribution in [0.1, 0.15) is 46.0 Å². The van der Waals surface area contributed by atoms with Gasteiger partial charge in [0, 0.05) is 5.92 Å². The third kappa shape index (κ3) is 1.79. The lowest BCUT2D eigenvalue weighted by atomic mass is 9.50. The normalized spacial score (nSPS) is 42.9. The second kappa shape index (κ2) is 4.37. The van der Waals surface area contributed by atoms with Gasteiger partial charge in [-0.3, -0.25) is 4.79 Å². The van der Waals surface area contributed by atoms with Crippen molar-refractivity contribution in [2.45, 2.75) is 46.0 Å². The van der Waals surface area contributed by atoms with Gasteiger partial charge in [0.25, 0.3) is 0 Å². The van der Waals surface area contributed by atoms with Gasteiger partial charge in [-0.1, -0.05) is 13.8 Å². The first-order valence-electron chi connectivity index (χ1n) is 7.53. The summed E-state index contributed by atoms with van der Waals surface area (Å²) >= 11 is 0. The van der Waals surface area contributed by atoms with Gasteiger partial charge in [-0.25, -0.2) is 0 Å². The van der Waals surface area contributed by atoms with E-state index in [0.717, 1.165) is 11.8 Å². The van der Waals surface area contributed by atoms with Crippen LogP contribution >= 0.6 is 0 Å². The Balaban J connectivity index is 1.81. The van der Waals surface area contributed by atoms with Crippen molar-refractivity contribution >= 4 is 5.78 Å². The van der Waals surface area contributed by atoms with Crippen molar-refractivity contribution in [1.82, 2.24) is 0 Å². The van der Waals surface area contributed by atoms with Crippen LogP contribution in [0.3, 0.4) is 0 Å². The molecule has 0 aromatic rings. The number of carbonyl (C=O) groups excluding carboxylic acids is 1. The summed E-state index contributed by atoms with van der Waals surface area (Å²) in [5.41, 5.74) is 0. The molecule has 0 aromatic heterocycles. The van der Waals surface area contributed by atoms with Crippen LogP contribution in [0.15, 0.2) is 0 Å². The van der Waals surface area contributed by atoms with E-state index in [1.54, 1.807) is 0 Å². The Bertz CT molecular complexity index is 364. The van der Waals surface area contributed by atoms with Crippen LogP contribution in [-0.4, -0.2) is 5.78 Å². The molecule has 0 aromatic carbocycles. The van der Waals surface area contributed by atoms with E-state index in [4.69, 9.17) is 0 Å². The molecule has 0 spiro atoms. The predicted molar refractivity (Wildman–Crippen MR) is 69.5 cm³/mol. The summed E-state index contributed by atoms with van der Waals surface area (Å²) in [6.45, 7) is 4.00. The molecule has 0 radical (unpaired) electrons. The van der Waals surface area contributed by atoms with Gasteiger partial charge in [-0.05, 0) is 61.7 Å². The fourth-order valence-electron chi connectivity index (χ4n) is 5.14. The number of carbonyl (C=O) groups is 1. The smallest absolute Gasteiger partial charge is 0.153 e. The monoisotopic (exact) mass is 245 g/mol. The summed E-state index contributed by atoms with van der Waals surface area (Å²) in [5, 5.41) is 9.25. The Morgan fingerprint density at radius 2 is 1.56 bits per heavy atom. The first kappa shape index (κ1) is 12.2. The molecule has 98 valence electrons. The second-order valence-corrected chi connectivity index (χ2v) is 7.21. The van der Waals surface area contributed by atoms with Crippen molar-refractivity contribution in [3.05, 3.63) is 0 Å². The number of nitrogens with zero attached hydrogens (tertiary/aromatic N) is 1. The number of hydrogen-bond donors (Lipinski definition) is 0. The minimum Gasteiger partial charge on any atom is -0.298 e. The van der Waals surface area contributed by atoms with Gasteiger partial charge in [0.1, 0.15) is 5.92 Å². The Hall–Kier alpha value is -0.840. The highest BCUT2D eigenvalue weighted by atomic mass is 16.1. The first-order valence-corrected chi connectivity index (χ1v) is 7.53. The molecule has 4 bridgehead atoms. The highest BCUT2D eigenvalue weighted by Gasteiger charge is 2.51. The molecular weight excluding hydrogens is 222 g/mol. The summed E-state index contributed by atoms with van der Waals surface area (Å²) < 4.78 is 0. The minimum absolute atomic E-state index is 0.166. The van der Waals surface area contributed by atoms with Crippen LogP contribution in [0.25, 0.3) is 0 Å². The maximum atomic E-state index is 12.7. The largest absolute Gasteiger partial charge is 0.298 e. The van der Waals surface area contributed by atoms with Gasteiger partial charge in [-0.2, -0.15) is 5.26 Å². The molecule has 18 heavy (non-hydrogen) atoms. The molecule has 0 heterocycles. The zero-order chi connectivity index (χ0) is 12.9. The molecule has 1 atom stereocenters. The van der Waals surface area contributed by atoms with Gasteiger partial charge < -0.3 is 0 Å². The summed E-state index contributed by atoms with van der Waals surface area (Å²) in [7, 11) is 0. The molecule has 2 heteroatoms. The molecule has 0 aliphatic heterocycles. The molecule has 2 nitrogen and oxygen atoms in total. The number of rotatable bonds is 3. The van der Waals surface area contributed by atoms with Crippen LogP contribution in [-0.2, 0) is 4.79 Å². The maximum absolute atomic E-state index is 12.7. The van der Waals surface area contributed by atoms with Crippen molar-refractivity contribution in [2.24, 2.45) is 41.4 Å². The van der Waals surface area contributed by atoms with Gasteiger partial charge in [0.15, 0.2) is 5.78 Å². The fraction of sp³-hybridized carbons (Fsp3) is 0.875. The molecule has 4 fully saturated rings. The lowest BCUT2D eigenvalue weighted by Gasteiger charge is -2.54. The highest BCUT2D eigenvalue weighted by molar-refractivity contribution is 5.86. The summed E-state index contributed by atoms with van der Waals surface area (Å²) in [6, 6.07) is 2.26. The van der Waals surface area contributed by atoms with E-state index < -0.39 is 0 Å². The topological polar surface area (TPSA) is 40.9 Å². The Morgan fingerprint density at radius 3 is 1.94 bits per heavy atom. The average Bonchev–Trinajstić information content (AvgIpc) is 2.27. The Morgan fingerprint density at radius 1 is 1.06 bits per heavy atom. The molecule has 1 unspecified atom stereocenters. The first-order chi connectivity index (χ1) is 8.60. The summed E-state index contributed by atoms with van der Waals surface area (Å²) in [4.78, 5) is 12.7. The van der Waals surface area contributed by atoms with E-state index in [1.807, 2.05) is 13.8 Å². The average molecular weight is 245 g/mol. The van der Waals surface area contributed by atoms with Crippen molar-refractivity contribution in [2.75, 3.05) is 0 Å². The van der Waals surface area contributed by atoms with Crippen molar-refractivity contribution < 1.29 is 4.79 Å². The Labute approximate surface area is 110 Å². The van der Waals surface area contributed by atoms with Gasteiger partial charge in [0.2, 0.25) is 0 Å². The zero-order valence-corrected chi connectivity index (χ0v) is 11.4. The second-order valence-electron chi connectivity index (χ2n) is 7.21. The van der Waals surface area contributed by atoms with Crippen molar-refractivity contribution in [3.63, 3.8) is 0 Å². The molecular formula is C16H23NO. The van der Waals surface area contributed by atoms with Crippen LogP contribution in [0.4, 0.5) is 0 Å². The van der Waals surface area contributed by atoms with Crippen LogP contribution < -0.4 is 0 Å². The quantitative estimate of drug-likeness (QED) is 0.764. The number of hydrogen-bond acceptors (Lipinski definition) is 2. The van der Waals surface area contributed by atoms with E-state index in [9.17, 15) is 10.1 Å². The molecule has 4 rings (SSSR count). The third-order valence-electron chi connectivity index (χ3n) is 5.67. The molecule has 0 amide bonds. The van der Waals surface area contributed by atoms with Crippen LogP contribution in [0.2, 0.25) is 0 Å².